The van der Waals surface area contributed by atoms with E-state index in [-0.39, 0.29) is 24.2 Å². The Bertz CT molecular complexity index is 1220. The fourth-order valence-corrected chi connectivity index (χ4v) is 4.93. The Hall–Kier alpha value is -3.26. The van der Waals surface area contributed by atoms with Gasteiger partial charge in [0.25, 0.3) is 0 Å². The summed E-state index contributed by atoms with van der Waals surface area (Å²) in [4.78, 5) is 20.4. The van der Waals surface area contributed by atoms with Crippen molar-refractivity contribution in [1.29, 1.82) is 0 Å². The summed E-state index contributed by atoms with van der Waals surface area (Å²) >= 11 is 1.53. The SMILES string of the molecule is Cc1ccc(-c2cn3nc(N4CCC[C@@H](C(=O)NCc5ccccc5F)C4)sc3n2)cc1. The molecule has 1 aliphatic heterocycles. The molecule has 0 saturated carbocycles. The number of piperidine rings is 1. The maximum Gasteiger partial charge on any atom is 0.225 e. The topological polar surface area (TPSA) is 62.5 Å². The van der Waals surface area contributed by atoms with Crippen molar-refractivity contribution >= 4 is 27.3 Å². The van der Waals surface area contributed by atoms with Crippen LogP contribution in [0, 0.1) is 18.7 Å². The van der Waals surface area contributed by atoms with Gasteiger partial charge >= 0.3 is 0 Å². The zero-order valence-corrected chi connectivity index (χ0v) is 18.6. The molecule has 0 unspecified atom stereocenters. The number of nitrogens with zero attached hydrogens (tertiary/aromatic N) is 4. The highest BCUT2D eigenvalue weighted by Gasteiger charge is 2.28. The second-order valence-corrected chi connectivity index (χ2v) is 9.13. The standard InChI is InChI=1S/C24H24FN5OS/c1-16-8-10-17(11-9-16)21-15-30-23(27-21)32-24(28-30)29-12-4-6-19(14-29)22(31)26-13-18-5-2-3-7-20(18)25/h2-3,5,7-11,15,19H,4,6,12-14H2,1H3,(H,26,31)/t19-/m1/s1. The Morgan fingerprint density at radius 2 is 2.03 bits per heavy atom. The number of benzene rings is 2. The average Bonchev–Trinajstić information content (AvgIpc) is 3.39. The first-order valence-electron chi connectivity index (χ1n) is 10.8. The highest BCUT2D eigenvalue weighted by Crippen LogP contribution is 2.30. The van der Waals surface area contributed by atoms with Gasteiger partial charge in [0.2, 0.25) is 16.0 Å². The zero-order valence-electron chi connectivity index (χ0n) is 17.8. The molecule has 1 fully saturated rings. The number of rotatable bonds is 5. The van der Waals surface area contributed by atoms with Crippen molar-refractivity contribution in [3.8, 4) is 11.3 Å². The van der Waals surface area contributed by atoms with Gasteiger partial charge in [-0.25, -0.2) is 13.9 Å². The minimum Gasteiger partial charge on any atom is -0.352 e. The van der Waals surface area contributed by atoms with Crippen LogP contribution >= 0.6 is 11.3 Å². The molecule has 32 heavy (non-hydrogen) atoms. The largest absolute Gasteiger partial charge is 0.352 e. The van der Waals surface area contributed by atoms with Crippen LogP contribution in [-0.4, -0.2) is 33.6 Å². The molecule has 0 bridgehead atoms. The maximum absolute atomic E-state index is 13.8. The lowest BCUT2D eigenvalue weighted by atomic mass is 9.97. The first-order valence-corrected chi connectivity index (χ1v) is 11.6. The fourth-order valence-electron chi connectivity index (χ4n) is 4.01. The minimum atomic E-state index is -0.297. The van der Waals surface area contributed by atoms with E-state index in [0.29, 0.717) is 12.1 Å². The van der Waals surface area contributed by atoms with E-state index in [2.05, 4.69) is 41.4 Å². The first-order chi connectivity index (χ1) is 15.6. The third kappa shape index (κ3) is 4.23. The van der Waals surface area contributed by atoms with Gasteiger partial charge in [-0.1, -0.05) is 59.4 Å². The molecule has 2 aromatic heterocycles. The molecule has 3 heterocycles. The molecule has 1 saturated heterocycles. The first kappa shape index (κ1) is 20.6. The van der Waals surface area contributed by atoms with Crippen LogP contribution < -0.4 is 10.2 Å². The van der Waals surface area contributed by atoms with E-state index in [4.69, 9.17) is 10.1 Å². The molecule has 0 spiro atoms. The monoisotopic (exact) mass is 449 g/mol. The molecule has 4 aromatic rings. The number of nitrogens with one attached hydrogen (secondary N) is 1. The number of halogens is 1. The Balaban J connectivity index is 1.25. The molecule has 0 aliphatic carbocycles. The third-order valence-electron chi connectivity index (χ3n) is 5.85. The van der Waals surface area contributed by atoms with Crippen molar-refractivity contribution in [1.82, 2.24) is 19.9 Å². The molecule has 1 amide bonds. The Morgan fingerprint density at radius 3 is 2.81 bits per heavy atom. The summed E-state index contributed by atoms with van der Waals surface area (Å²) in [5, 5.41) is 8.48. The number of hydrogen-bond acceptors (Lipinski definition) is 5. The summed E-state index contributed by atoms with van der Waals surface area (Å²) in [5.41, 5.74) is 3.69. The molecule has 2 aromatic carbocycles. The van der Waals surface area contributed by atoms with E-state index < -0.39 is 0 Å². The van der Waals surface area contributed by atoms with Crippen LogP contribution in [-0.2, 0) is 11.3 Å². The summed E-state index contributed by atoms with van der Waals surface area (Å²) in [6.45, 7) is 3.73. The van der Waals surface area contributed by atoms with Gasteiger partial charge < -0.3 is 10.2 Å². The maximum atomic E-state index is 13.8. The Labute approximate surface area is 189 Å². The van der Waals surface area contributed by atoms with Crippen molar-refractivity contribution in [2.24, 2.45) is 5.92 Å². The zero-order chi connectivity index (χ0) is 22.1. The number of imidazole rings is 1. The van der Waals surface area contributed by atoms with Gasteiger partial charge in [0.1, 0.15) is 5.82 Å². The fraction of sp³-hybridized carbons (Fsp3) is 0.292. The number of fused-ring (bicyclic) bond motifs is 1. The van der Waals surface area contributed by atoms with Crippen molar-refractivity contribution in [3.05, 3.63) is 71.7 Å². The second kappa shape index (κ2) is 8.70. The lowest BCUT2D eigenvalue weighted by Gasteiger charge is -2.31. The van der Waals surface area contributed by atoms with Crippen LogP contribution in [0.25, 0.3) is 16.2 Å². The highest BCUT2D eigenvalue weighted by atomic mass is 32.1. The molecule has 164 valence electrons. The van der Waals surface area contributed by atoms with Gasteiger partial charge in [-0.05, 0) is 25.8 Å². The van der Waals surface area contributed by atoms with Crippen LogP contribution in [0.5, 0.6) is 0 Å². The lowest BCUT2D eigenvalue weighted by molar-refractivity contribution is -0.125. The number of carbonyl (C=O) groups excluding carboxylic acids is 1. The Morgan fingerprint density at radius 1 is 1.22 bits per heavy atom. The van der Waals surface area contributed by atoms with Crippen molar-refractivity contribution < 1.29 is 9.18 Å². The lowest BCUT2D eigenvalue weighted by Crippen LogP contribution is -2.43. The van der Waals surface area contributed by atoms with Crippen molar-refractivity contribution in [3.63, 3.8) is 0 Å². The third-order valence-corrected chi connectivity index (χ3v) is 6.84. The highest BCUT2D eigenvalue weighted by molar-refractivity contribution is 7.20. The molecule has 8 heteroatoms. The summed E-state index contributed by atoms with van der Waals surface area (Å²) < 4.78 is 15.6. The smallest absolute Gasteiger partial charge is 0.225 e. The summed E-state index contributed by atoms with van der Waals surface area (Å²) in [7, 11) is 0. The van der Waals surface area contributed by atoms with Crippen LogP contribution in [0.15, 0.2) is 54.7 Å². The number of amides is 1. The number of carbonyl (C=O) groups is 1. The van der Waals surface area contributed by atoms with Gasteiger partial charge in [-0.2, -0.15) is 0 Å². The second-order valence-electron chi connectivity index (χ2n) is 8.20. The van der Waals surface area contributed by atoms with E-state index in [1.165, 1.54) is 23.0 Å². The summed E-state index contributed by atoms with van der Waals surface area (Å²) in [5.74, 6) is -0.481. The van der Waals surface area contributed by atoms with Crippen LogP contribution in [0.4, 0.5) is 9.52 Å². The molecule has 1 aliphatic rings. The molecule has 1 N–H and O–H groups in total. The number of aromatic nitrogens is 3. The molecule has 1 atom stereocenters. The van der Waals surface area contributed by atoms with E-state index in [9.17, 15) is 9.18 Å². The van der Waals surface area contributed by atoms with Crippen LogP contribution in [0.1, 0.15) is 24.0 Å². The van der Waals surface area contributed by atoms with Crippen LogP contribution in [0.3, 0.4) is 0 Å². The van der Waals surface area contributed by atoms with Gasteiger partial charge in [0.05, 0.1) is 17.8 Å². The van der Waals surface area contributed by atoms with Crippen molar-refractivity contribution in [2.75, 3.05) is 18.0 Å². The van der Waals surface area contributed by atoms with Gasteiger partial charge in [-0.3, -0.25) is 4.79 Å². The Kier molecular flexibility index (Phi) is 5.61. The molecule has 6 nitrogen and oxygen atoms in total. The molecular weight excluding hydrogens is 425 g/mol. The van der Waals surface area contributed by atoms with Crippen LogP contribution in [0.2, 0.25) is 0 Å². The molecule has 5 rings (SSSR count). The summed E-state index contributed by atoms with van der Waals surface area (Å²) in [6, 6.07) is 14.8. The average molecular weight is 450 g/mol. The van der Waals surface area contributed by atoms with E-state index >= 15 is 0 Å². The van der Waals surface area contributed by atoms with Gasteiger partial charge in [0, 0.05) is 30.8 Å². The van der Waals surface area contributed by atoms with E-state index in [0.717, 1.165) is 40.7 Å². The molecular formula is C24H24FN5OS. The van der Waals surface area contributed by atoms with Crippen molar-refractivity contribution in [2.45, 2.75) is 26.3 Å². The number of hydrogen-bond donors (Lipinski definition) is 1. The predicted molar refractivity (Wildman–Crippen MR) is 124 cm³/mol. The van der Waals surface area contributed by atoms with E-state index in [1.807, 2.05) is 10.7 Å². The van der Waals surface area contributed by atoms with E-state index in [1.54, 1.807) is 18.2 Å². The normalized spacial score (nSPS) is 16.4. The van der Waals surface area contributed by atoms with Gasteiger partial charge in [0.15, 0.2) is 0 Å². The number of anilines is 1. The summed E-state index contributed by atoms with van der Waals surface area (Å²) in [6.07, 6.45) is 3.68. The number of aryl methyl sites for hydroxylation is 1. The van der Waals surface area contributed by atoms with Gasteiger partial charge in [-0.15, -0.1) is 5.10 Å². The minimum absolute atomic E-state index is 0.0408. The predicted octanol–water partition coefficient (Wildman–Crippen LogP) is 4.44. The quantitative estimate of drug-likeness (QED) is 0.489. The molecule has 0 radical (unpaired) electrons.